The minimum atomic E-state index is -0.392. The standard InChI is InChI=1S/C15H17N3O3/c1-10-4-9-13(18(10)2)15(20)17-16-14(19)11-5-7-12(21-3)8-6-11/h4-9H,1-3H3,(H,16,19)(H,17,20). The molecule has 0 spiro atoms. The van der Waals surface area contributed by atoms with Gasteiger partial charge in [0.05, 0.1) is 7.11 Å². The van der Waals surface area contributed by atoms with Crippen LogP contribution in [0.25, 0.3) is 0 Å². The number of carbonyl (C=O) groups excluding carboxylic acids is 2. The van der Waals surface area contributed by atoms with E-state index in [-0.39, 0.29) is 5.91 Å². The molecule has 0 aliphatic carbocycles. The van der Waals surface area contributed by atoms with Crippen molar-refractivity contribution < 1.29 is 14.3 Å². The number of hydrogen-bond acceptors (Lipinski definition) is 3. The summed E-state index contributed by atoms with van der Waals surface area (Å²) in [6, 6.07) is 10.1. The van der Waals surface area contributed by atoms with Gasteiger partial charge >= 0.3 is 0 Å². The molecule has 0 saturated carbocycles. The van der Waals surface area contributed by atoms with Gasteiger partial charge in [-0.25, -0.2) is 0 Å². The number of hydrogen-bond donors (Lipinski definition) is 2. The topological polar surface area (TPSA) is 72.4 Å². The van der Waals surface area contributed by atoms with E-state index < -0.39 is 5.91 Å². The monoisotopic (exact) mass is 287 g/mol. The van der Waals surface area contributed by atoms with Crippen LogP contribution in [0.3, 0.4) is 0 Å². The van der Waals surface area contributed by atoms with E-state index in [4.69, 9.17) is 4.74 Å². The summed E-state index contributed by atoms with van der Waals surface area (Å²) in [7, 11) is 3.34. The van der Waals surface area contributed by atoms with Crippen molar-refractivity contribution in [3.8, 4) is 5.75 Å². The van der Waals surface area contributed by atoms with Gasteiger partial charge in [-0.3, -0.25) is 20.4 Å². The number of rotatable bonds is 3. The highest BCUT2D eigenvalue weighted by Crippen LogP contribution is 2.11. The SMILES string of the molecule is COc1ccc(C(=O)NNC(=O)c2ccc(C)n2C)cc1. The van der Waals surface area contributed by atoms with Crippen LogP contribution in [0.2, 0.25) is 0 Å². The molecule has 2 aromatic rings. The fraction of sp³-hybridized carbons (Fsp3) is 0.200. The van der Waals surface area contributed by atoms with Crippen LogP contribution >= 0.6 is 0 Å². The van der Waals surface area contributed by atoms with Gasteiger partial charge in [-0.05, 0) is 43.3 Å². The first-order valence-corrected chi connectivity index (χ1v) is 6.40. The van der Waals surface area contributed by atoms with E-state index in [1.807, 2.05) is 13.0 Å². The van der Waals surface area contributed by atoms with Crippen LogP contribution in [0.5, 0.6) is 5.75 Å². The fourth-order valence-corrected chi connectivity index (χ4v) is 1.83. The molecule has 6 heteroatoms. The molecule has 0 aliphatic rings. The molecule has 1 aromatic carbocycles. The predicted molar refractivity (Wildman–Crippen MR) is 78.1 cm³/mol. The van der Waals surface area contributed by atoms with Crippen molar-refractivity contribution in [2.45, 2.75) is 6.92 Å². The average molecular weight is 287 g/mol. The van der Waals surface area contributed by atoms with E-state index >= 15 is 0 Å². The number of carbonyl (C=O) groups is 2. The number of aryl methyl sites for hydroxylation is 1. The number of methoxy groups -OCH3 is 1. The molecule has 110 valence electrons. The molecule has 0 aliphatic heterocycles. The lowest BCUT2D eigenvalue weighted by atomic mass is 10.2. The maximum absolute atomic E-state index is 11.9. The third kappa shape index (κ3) is 3.22. The Bertz CT molecular complexity index is 659. The Labute approximate surface area is 122 Å². The molecule has 2 amide bonds. The smallest absolute Gasteiger partial charge is 0.286 e. The Morgan fingerprint density at radius 2 is 1.62 bits per heavy atom. The van der Waals surface area contributed by atoms with Gasteiger partial charge in [-0.15, -0.1) is 0 Å². The van der Waals surface area contributed by atoms with Gasteiger partial charge in [0.1, 0.15) is 11.4 Å². The highest BCUT2D eigenvalue weighted by molar-refractivity contribution is 5.98. The number of hydrazine groups is 1. The first kappa shape index (κ1) is 14.6. The van der Waals surface area contributed by atoms with Crippen LogP contribution in [0, 0.1) is 6.92 Å². The van der Waals surface area contributed by atoms with Gasteiger partial charge in [0, 0.05) is 18.3 Å². The van der Waals surface area contributed by atoms with Crippen LogP contribution in [0.4, 0.5) is 0 Å². The summed E-state index contributed by atoms with van der Waals surface area (Å²) in [6.45, 7) is 1.90. The van der Waals surface area contributed by atoms with Gasteiger partial charge in [0.2, 0.25) is 0 Å². The zero-order valence-corrected chi connectivity index (χ0v) is 12.1. The van der Waals surface area contributed by atoms with Crippen molar-refractivity contribution in [3.63, 3.8) is 0 Å². The summed E-state index contributed by atoms with van der Waals surface area (Å²) >= 11 is 0. The number of benzene rings is 1. The second kappa shape index (κ2) is 6.13. The molecule has 0 fully saturated rings. The number of amides is 2. The van der Waals surface area contributed by atoms with Crippen molar-refractivity contribution in [2.24, 2.45) is 7.05 Å². The minimum absolute atomic E-state index is 0.368. The highest BCUT2D eigenvalue weighted by Gasteiger charge is 2.12. The number of nitrogens with zero attached hydrogens (tertiary/aromatic N) is 1. The van der Waals surface area contributed by atoms with Crippen LogP contribution in [0.15, 0.2) is 36.4 Å². The lowest BCUT2D eigenvalue weighted by molar-refractivity contribution is 0.0842. The Kier molecular flexibility index (Phi) is 4.27. The molecule has 0 unspecified atom stereocenters. The zero-order valence-electron chi connectivity index (χ0n) is 12.1. The molecule has 21 heavy (non-hydrogen) atoms. The molecule has 6 nitrogen and oxygen atoms in total. The van der Waals surface area contributed by atoms with E-state index in [0.29, 0.717) is 17.0 Å². The Hall–Kier alpha value is -2.76. The lowest BCUT2D eigenvalue weighted by Crippen LogP contribution is -2.42. The second-order valence-corrected chi connectivity index (χ2v) is 4.56. The molecule has 0 radical (unpaired) electrons. The van der Waals surface area contributed by atoms with E-state index in [1.165, 1.54) is 0 Å². The zero-order chi connectivity index (χ0) is 15.4. The number of nitrogens with one attached hydrogen (secondary N) is 2. The van der Waals surface area contributed by atoms with Crippen molar-refractivity contribution in [2.75, 3.05) is 7.11 Å². The highest BCUT2D eigenvalue weighted by atomic mass is 16.5. The molecule has 1 aromatic heterocycles. The Morgan fingerprint density at radius 1 is 1.00 bits per heavy atom. The van der Waals surface area contributed by atoms with Gasteiger partial charge in [0.25, 0.3) is 11.8 Å². The number of aromatic nitrogens is 1. The van der Waals surface area contributed by atoms with E-state index in [2.05, 4.69) is 10.9 Å². The van der Waals surface area contributed by atoms with E-state index in [9.17, 15) is 9.59 Å². The maximum Gasteiger partial charge on any atom is 0.286 e. The molecule has 0 atom stereocenters. The van der Waals surface area contributed by atoms with Crippen molar-refractivity contribution in [1.29, 1.82) is 0 Å². The largest absolute Gasteiger partial charge is 0.497 e. The molecule has 2 rings (SSSR count). The van der Waals surface area contributed by atoms with Gasteiger partial charge in [-0.2, -0.15) is 0 Å². The summed E-state index contributed by atoms with van der Waals surface area (Å²) in [5, 5.41) is 0. The Balaban J connectivity index is 1.97. The van der Waals surface area contributed by atoms with Gasteiger partial charge < -0.3 is 9.30 Å². The first-order valence-electron chi connectivity index (χ1n) is 6.40. The van der Waals surface area contributed by atoms with Crippen LogP contribution < -0.4 is 15.6 Å². The summed E-state index contributed by atoms with van der Waals surface area (Å²) < 4.78 is 6.76. The average Bonchev–Trinajstić information content (AvgIpc) is 2.84. The third-order valence-corrected chi connectivity index (χ3v) is 3.25. The predicted octanol–water partition coefficient (Wildman–Crippen LogP) is 1.42. The first-order chi connectivity index (χ1) is 10.0. The summed E-state index contributed by atoms with van der Waals surface area (Å²) in [4.78, 5) is 23.8. The minimum Gasteiger partial charge on any atom is -0.497 e. The molecule has 1 heterocycles. The van der Waals surface area contributed by atoms with Gasteiger partial charge in [0.15, 0.2) is 0 Å². The third-order valence-electron chi connectivity index (χ3n) is 3.25. The normalized spacial score (nSPS) is 10.0. The van der Waals surface area contributed by atoms with E-state index in [1.54, 1.807) is 49.1 Å². The van der Waals surface area contributed by atoms with Crippen LogP contribution in [0.1, 0.15) is 26.5 Å². The summed E-state index contributed by atoms with van der Waals surface area (Å²) in [5.74, 6) is -0.0979. The molecule has 0 saturated heterocycles. The fourth-order valence-electron chi connectivity index (χ4n) is 1.83. The van der Waals surface area contributed by atoms with Crippen LogP contribution in [-0.4, -0.2) is 23.5 Å². The molecular weight excluding hydrogens is 270 g/mol. The van der Waals surface area contributed by atoms with E-state index in [0.717, 1.165) is 5.69 Å². The van der Waals surface area contributed by atoms with Crippen molar-refractivity contribution in [1.82, 2.24) is 15.4 Å². The lowest BCUT2D eigenvalue weighted by Gasteiger charge is -2.09. The van der Waals surface area contributed by atoms with Crippen molar-refractivity contribution >= 4 is 11.8 Å². The second-order valence-electron chi connectivity index (χ2n) is 4.56. The van der Waals surface area contributed by atoms with Gasteiger partial charge in [-0.1, -0.05) is 0 Å². The quantitative estimate of drug-likeness (QED) is 0.839. The summed E-state index contributed by atoms with van der Waals surface area (Å²) in [6.07, 6.45) is 0. The number of ether oxygens (including phenoxy) is 1. The Morgan fingerprint density at radius 3 is 2.14 bits per heavy atom. The molecular formula is C15H17N3O3. The molecule has 2 N–H and O–H groups in total. The molecule has 0 bridgehead atoms. The summed E-state index contributed by atoms with van der Waals surface area (Å²) in [5.41, 5.74) is 6.63. The van der Waals surface area contributed by atoms with Crippen molar-refractivity contribution in [3.05, 3.63) is 53.3 Å². The maximum atomic E-state index is 11.9. The van der Waals surface area contributed by atoms with Crippen LogP contribution in [-0.2, 0) is 7.05 Å².